The molecule has 0 spiro atoms. The molecule has 1 aromatic heterocycles. The fourth-order valence-corrected chi connectivity index (χ4v) is 2.93. The maximum Gasteiger partial charge on any atom is 0.265 e. The van der Waals surface area contributed by atoms with Crippen LogP contribution in [0.4, 0.5) is 10.1 Å². The van der Waals surface area contributed by atoms with Crippen LogP contribution in [0.5, 0.6) is 5.75 Å². The molecule has 6 heteroatoms. The number of nitrogens with zero attached hydrogens (tertiary/aromatic N) is 1. The van der Waals surface area contributed by atoms with Crippen LogP contribution in [-0.4, -0.2) is 17.0 Å². The molecule has 0 saturated heterocycles. The summed E-state index contributed by atoms with van der Waals surface area (Å²) >= 11 is 0. The van der Waals surface area contributed by atoms with Crippen molar-refractivity contribution < 1.29 is 18.3 Å². The molecule has 0 radical (unpaired) electrons. The molecule has 0 bridgehead atoms. The Balaban J connectivity index is 1.51. The predicted molar refractivity (Wildman–Crippen MR) is 109 cm³/mol. The highest BCUT2D eigenvalue weighted by molar-refractivity contribution is 5.96. The number of hydrogen-bond donors (Lipinski definition) is 1. The zero-order valence-electron chi connectivity index (χ0n) is 15.8. The van der Waals surface area contributed by atoms with Crippen molar-refractivity contribution in [3.63, 3.8) is 0 Å². The Morgan fingerprint density at radius 2 is 1.86 bits per heavy atom. The summed E-state index contributed by atoms with van der Waals surface area (Å²) in [6, 6.07) is 20.4. The molecule has 1 amide bonds. The summed E-state index contributed by atoms with van der Waals surface area (Å²) in [5.41, 5.74) is 2.45. The minimum absolute atomic E-state index is 0.238. The molecular weight excluding hydrogens is 371 g/mol. The zero-order valence-corrected chi connectivity index (χ0v) is 15.8. The van der Waals surface area contributed by atoms with E-state index >= 15 is 0 Å². The molecule has 0 saturated carbocycles. The van der Waals surface area contributed by atoms with E-state index in [-0.39, 0.29) is 11.7 Å². The summed E-state index contributed by atoms with van der Waals surface area (Å²) in [5, 5.41) is 2.87. The molecule has 1 atom stereocenters. The molecule has 3 aromatic carbocycles. The molecule has 146 valence electrons. The monoisotopic (exact) mass is 390 g/mol. The van der Waals surface area contributed by atoms with Gasteiger partial charge >= 0.3 is 0 Å². The first-order valence-electron chi connectivity index (χ1n) is 9.31. The van der Waals surface area contributed by atoms with Gasteiger partial charge in [-0.1, -0.05) is 25.1 Å². The fourth-order valence-electron chi connectivity index (χ4n) is 2.93. The second-order valence-corrected chi connectivity index (χ2v) is 6.53. The summed E-state index contributed by atoms with van der Waals surface area (Å²) in [6.45, 7) is 1.89. The smallest absolute Gasteiger partial charge is 0.265 e. The molecule has 1 heterocycles. The molecule has 0 fully saturated rings. The highest BCUT2D eigenvalue weighted by Gasteiger charge is 2.19. The number of benzene rings is 3. The summed E-state index contributed by atoms with van der Waals surface area (Å²) in [5.74, 6) is 0.476. The summed E-state index contributed by atoms with van der Waals surface area (Å²) in [4.78, 5) is 17.1. The van der Waals surface area contributed by atoms with E-state index in [1.54, 1.807) is 30.3 Å². The van der Waals surface area contributed by atoms with Crippen molar-refractivity contribution in [2.45, 2.75) is 19.4 Å². The topological polar surface area (TPSA) is 64.4 Å². The Morgan fingerprint density at radius 3 is 2.59 bits per heavy atom. The fraction of sp³-hybridized carbons (Fsp3) is 0.130. The van der Waals surface area contributed by atoms with Gasteiger partial charge in [-0.25, -0.2) is 9.37 Å². The van der Waals surface area contributed by atoms with Crippen molar-refractivity contribution in [2.75, 3.05) is 5.32 Å². The van der Waals surface area contributed by atoms with Crippen LogP contribution in [0.1, 0.15) is 13.3 Å². The number of fused-ring (bicyclic) bond motifs is 1. The summed E-state index contributed by atoms with van der Waals surface area (Å²) < 4.78 is 24.6. The normalized spacial score (nSPS) is 11.9. The second kappa shape index (κ2) is 8.14. The van der Waals surface area contributed by atoms with Crippen LogP contribution in [0.25, 0.3) is 22.6 Å². The van der Waals surface area contributed by atoms with Gasteiger partial charge in [-0.3, -0.25) is 4.79 Å². The van der Waals surface area contributed by atoms with Crippen molar-refractivity contribution in [1.82, 2.24) is 4.98 Å². The van der Waals surface area contributed by atoms with Gasteiger partial charge in [-0.15, -0.1) is 0 Å². The number of carbonyl (C=O) groups excluding carboxylic acids is 1. The predicted octanol–water partition coefficient (Wildman–Crippen LogP) is 5.43. The Morgan fingerprint density at radius 1 is 1.10 bits per heavy atom. The van der Waals surface area contributed by atoms with Gasteiger partial charge in [0.05, 0.1) is 0 Å². The van der Waals surface area contributed by atoms with Gasteiger partial charge < -0.3 is 14.5 Å². The second-order valence-electron chi connectivity index (χ2n) is 6.53. The number of amides is 1. The number of nitrogens with one attached hydrogen (secondary N) is 1. The average Bonchev–Trinajstić information content (AvgIpc) is 3.16. The molecule has 0 aliphatic heterocycles. The van der Waals surface area contributed by atoms with Crippen LogP contribution in [0, 0.1) is 5.82 Å². The maximum absolute atomic E-state index is 13.1. The third-order valence-electron chi connectivity index (χ3n) is 4.43. The molecule has 5 nitrogen and oxygen atoms in total. The lowest BCUT2D eigenvalue weighted by Crippen LogP contribution is -2.32. The summed E-state index contributed by atoms with van der Waals surface area (Å²) in [6.07, 6.45) is -0.0815. The van der Waals surface area contributed by atoms with Gasteiger partial charge in [0.25, 0.3) is 5.91 Å². The van der Waals surface area contributed by atoms with E-state index in [0.717, 1.165) is 0 Å². The van der Waals surface area contributed by atoms with Crippen LogP contribution < -0.4 is 10.1 Å². The highest BCUT2D eigenvalue weighted by atomic mass is 19.1. The van der Waals surface area contributed by atoms with Gasteiger partial charge in [0.2, 0.25) is 5.89 Å². The molecule has 1 unspecified atom stereocenters. The first-order chi connectivity index (χ1) is 14.1. The molecule has 4 aromatic rings. The van der Waals surface area contributed by atoms with Crippen molar-refractivity contribution in [3.05, 3.63) is 78.6 Å². The Labute approximate surface area is 167 Å². The van der Waals surface area contributed by atoms with Crippen molar-refractivity contribution in [3.8, 4) is 17.2 Å². The minimum atomic E-state index is -0.611. The van der Waals surface area contributed by atoms with Crippen molar-refractivity contribution in [1.29, 1.82) is 0 Å². The van der Waals surface area contributed by atoms with Crippen molar-refractivity contribution in [2.24, 2.45) is 0 Å². The number of halogens is 1. The van der Waals surface area contributed by atoms with E-state index in [0.29, 0.717) is 40.4 Å². The first-order valence-corrected chi connectivity index (χ1v) is 9.31. The molecule has 1 N–H and O–H groups in total. The summed E-state index contributed by atoms with van der Waals surface area (Å²) in [7, 11) is 0. The number of rotatable bonds is 6. The van der Waals surface area contributed by atoms with E-state index in [1.807, 2.05) is 37.3 Å². The van der Waals surface area contributed by atoms with Gasteiger partial charge in [0.1, 0.15) is 17.1 Å². The van der Waals surface area contributed by atoms with E-state index in [2.05, 4.69) is 10.3 Å². The Bertz CT molecular complexity index is 1120. The standard InChI is InChI=1S/C23H19FN2O3/c1-2-20(28-18-6-4-3-5-7-18)22(27)25-17-12-13-21-19(14-17)26-23(29-21)15-8-10-16(24)11-9-15/h3-14,20H,2H2,1H3,(H,25,27). The SMILES string of the molecule is CCC(Oc1ccccc1)C(=O)Nc1ccc2oc(-c3ccc(F)cc3)nc2c1. The van der Waals surface area contributed by atoms with Crippen molar-refractivity contribution >= 4 is 22.7 Å². The van der Waals surface area contributed by atoms with Gasteiger partial charge in [0.15, 0.2) is 11.7 Å². The largest absolute Gasteiger partial charge is 0.481 e. The molecule has 0 aliphatic carbocycles. The number of carbonyl (C=O) groups is 1. The number of hydrogen-bond acceptors (Lipinski definition) is 4. The number of para-hydroxylation sites is 1. The van der Waals surface area contributed by atoms with E-state index < -0.39 is 6.10 Å². The molecule has 29 heavy (non-hydrogen) atoms. The number of aromatic nitrogens is 1. The lowest BCUT2D eigenvalue weighted by atomic mass is 10.2. The van der Waals surface area contributed by atoms with Gasteiger partial charge in [-0.05, 0) is 61.0 Å². The maximum atomic E-state index is 13.1. The van der Waals surface area contributed by atoms with Crippen LogP contribution >= 0.6 is 0 Å². The average molecular weight is 390 g/mol. The zero-order chi connectivity index (χ0) is 20.2. The highest BCUT2D eigenvalue weighted by Crippen LogP contribution is 2.26. The Kier molecular flexibility index (Phi) is 5.24. The van der Waals surface area contributed by atoms with E-state index in [9.17, 15) is 9.18 Å². The number of ether oxygens (including phenoxy) is 1. The molecular formula is C23H19FN2O3. The van der Waals surface area contributed by atoms with Crippen LogP contribution in [0.15, 0.2) is 77.2 Å². The van der Waals surface area contributed by atoms with Crippen LogP contribution in [0.2, 0.25) is 0 Å². The first kappa shape index (κ1) is 18.7. The van der Waals surface area contributed by atoms with Gasteiger partial charge in [-0.2, -0.15) is 0 Å². The van der Waals surface area contributed by atoms with E-state index in [4.69, 9.17) is 9.15 Å². The van der Waals surface area contributed by atoms with Crippen LogP contribution in [-0.2, 0) is 4.79 Å². The number of anilines is 1. The van der Waals surface area contributed by atoms with Crippen LogP contribution in [0.3, 0.4) is 0 Å². The number of oxazole rings is 1. The quantitative estimate of drug-likeness (QED) is 0.477. The third-order valence-corrected chi connectivity index (χ3v) is 4.43. The Hall–Kier alpha value is -3.67. The molecule has 4 rings (SSSR count). The van der Waals surface area contributed by atoms with Gasteiger partial charge in [0, 0.05) is 11.3 Å². The lowest BCUT2D eigenvalue weighted by Gasteiger charge is -2.17. The third kappa shape index (κ3) is 4.27. The van der Waals surface area contributed by atoms with E-state index in [1.165, 1.54) is 12.1 Å². The minimum Gasteiger partial charge on any atom is -0.481 e. The molecule has 0 aliphatic rings. The lowest BCUT2D eigenvalue weighted by molar-refractivity contribution is -0.122.